The Kier molecular flexibility index (Phi) is 5.90. The van der Waals surface area contributed by atoms with Crippen molar-refractivity contribution in [1.82, 2.24) is 9.80 Å². The Morgan fingerprint density at radius 2 is 1.88 bits per heavy atom. The predicted octanol–water partition coefficient (Wildman–Crippen LogP) is 4.14. The standard InChI is InChI=1S/C20H27F3N2O/c1-2-19(26)25-13-16(12-24-9-4-3-5-10-24)18(14-25)15-7-6-8-17(11-15)20(21,22)23/h6-8,11,16,18H,2-5,9-10,12-14H2,1H3/t16-,18+/m0/s1. The Bertz CT molecular complexity index is 626. The van der Waals surface area contributed by atoms with E-state index < -0.39 is 11.7 Å². The monoisotopic (exact) mass is 368 g/mol. The number of carbonyl (C=O) groups excluding carboxylic acids is 1. The Morgan fingerprint density at radius 1 is 1.15 bits per heavy atom. The smallest absolute Gasteiger partial charge is 0.342 e. The topological polar surface area (TPSA) is 23.6 Å². The fourth-order valence-electron chi connectivity index (χ4n) is 4.28. The van der Waals surface area contributed by atoms with Crippen LogP contribution in [0.3, 0.4) is 0 Å². The largest absolute Gasteiger partial charge is 0.416 e. The molecule has 0 aromatic heterocycles. The van der Waals surface area contributed by atoms with Crippen LogP contribution < -0.4 is 0 Å². The van der Waals surface area contributed by atoms with Crippen LogP contribution in [0.4, 0.5) is 13.2 Å². The molecule has 1 aromatic rings. The molecule has 144 valence electrons. The number of hydrogen-bond donors (Lipinski definition) is 0. The summed E-state index contributed by atoms with van der Waals surface area (Å²) >= 11 is 0. The van der Waals surface area contributed by atoms with Gasteiger partial charge in [-0.2, -0.15) is 13.2 Å². The minimum atomic E-state index is -4.34. The minimum Gasteiger partial charge on any atom is -0.342 e. The molecule has 2 fully saturated rings. The maximum atomic E-state index is 13.1. The second-order valence-corrected chi connectivity index (χ2v) is 7.50. The van der Waals surface area contributed by atoms with Crippen LogP contribution in [-0.4, -0.2) is 48.4 Å². The lowest BCUT2D eigenvalue weighted by Crippen LogP contribution is -2.36. The number of rotatable bonds is 4. The number of hydrogen-bond acceptors (Lipinski definition) is 2. The summed E-state index contributed by atoms with van der Waals surface area (Å²) in [5.74, 6) is 0.241. The quantitative estimate of drug-likeness (QED) is 0.797. The molecule has 6 heteroatoms. The second kappa shape index (κ2) is 7.99. The van der Waals surface area contributed by atoms with Gasteiger partial charge in [0, 0.05) is 32.0 Å². The van der Waals surface area contributed by atoms with Crippen molar-refractivity contribution in [2.75, 3.05) is 32.7 Å². The highest BCUT2D eigenvalue weighted by Crippen LogP contribution is 2.37. The van der Waals surface area contributed by atoms with Crippen LogP contribution in [0.1, 0.15) is 49.7 Å². The number of halogens is 3. The van der Waals surface area contributed by atoms with Crippen LogP contribution in [0.2, 0.25) is 0 Å². The number of piperidine rings is 1. The lowest BCUT2D eigenvalue weighted by molar-refractivity contribution is -0.137. The molecule has 26 heavy (non-hydrogen) atoms. The summed E-state index contributed by atoms with van der Waals surface area (Å²) in [4.78, 5) is 16.4. The summed E-state index contributed by atoms with van der Waals surface area (Å²) < 4.78 is 39.3. The third-order valence-corrected chi connectivity index (χ3v) is 5.68. The Hall–Kier alpha value is -1.56. The van der Waals surface area contributed by atoms with Gasteiger partial charge in [0.05, 0.1) is 5.56 Å². The fourth-order valence-corrected chi connectivity index (χ4v) is 4.28. The van der Waals surface area contributed by atoms with Crippen molar-refractivity contribution in [2.24, 2.45) is 5.92 Å². The second-order valence-electron chi connectivity index (χ2n) is 7.50. The van der Waals surface area contributed by atoms with Crippen LogP contribution in [0.5, 0.6) is 0 Å². The first-order valence-corrected chi connectivity index (χ1v) is 9.55. The molecule has 0 radical (unpaired) electrons. The summed E-state index contributed by atoms with van der Waals surface area (Å²) in [5, 5.41) is 0. The number of likely N-dealkylation sites (tertiary alicyclic amines) is 2. The van der Waals surface area contributed by atoms with Gasteiger partial charge in [-0.05, 0) is 43.5 Å². The molecule has 3 rings (SSSR count). The van der Waals surface area contributed by atoms with Gasteiger partial charge in [0.25, 0.3) is 0 Å². The molecule has 2 aliphatic rings. The van der Waals surface area contributed by atoms with Gasteiger partial charge in [-0.3, -0.25) is 4.79 Å². The molecular weight excluding hydrogens is 341 g/mol. The molecule has 3 nitrogen and oxygen atoms in total. The summed E-state index contributed by atoms with van der Waals surface area (Å²) in [5.41, 5.74) is 0.0974. The van der Waals surface area contributed by atoms with Crippen molar-refractivity contribution in [3.05, 3.63) is 35.4 Å². The third kappa shape index (κ3) is 4.40. The molecule has 2 saturated heterocycles. The van der Waals surface area contributed by atoms with E-state index in [1.165, 1.54) is 31.4 Å². The normalized spacial score (nSPS) is 24.8. The highest BCUT2D eigenvalue weighted by atomic mass is 19.4. The summed E-state index contributed by atoms with van der Waals surface area (Å²) in [7, 11) is 0. The molecule has 0 saturated carbocycles. The molecule has 2 heterocycles. The van der Waals surface area contributed by atoms with Crippen molar-refractivity contribution in [2.45, 2.75) is 44.7 Å². The fraction of sp³-hybridized carbons (Fsp3) is 0.650. The molecule has 2 atom stereocenters. The van der Waals surface area contributed by atoms with Crippen molar-refractivity contribution < 1.29 is 18.0 Å². The van der Waals surface area contributed by atoms with E-state index in [9.17, 15) is 18.0 Å². The van der Waals surface area contributed by atoms with Gasteiger partial charge in [0.1, 0.15) is 0 Å². The first kappa shape index (κ1) is 19.2. The maximum Gasteiger partial charge on any atom is 0.416 e. The summed E-state index contributed by atoms with van der Waals surface area (Å²) in [6.45, 7) is 5.95. The number of carbonyl (C=O) groups is 1. The van der Waals surface area contributed by atoms with E-state index >= 15 is 0 Å². The highest BCUT2D eigenvalue weighted by molar-refractivity contribution is 5.76. The summed E-state index contributed by atoms with van der Waals surface area (Å²) in [6, 6.07) is 5.66. The van der Waals surface area contributed by atoms with Crippen LogP contribution in [0.25, 0.3) is 0 Å². The Morgan fingerprint density at radius 3 is 2.54 bits per heavy atom. The number of amides is 1. The highest BCUT2D eigenvalue weighted by Gasteiger charge is 2.38. The molecule has 0 bridgehead atoms. The van der Waals surface area contributed by atoms with E-state index in [0.29, 0.717) is 25.1 Å². The average molecular weight is 368 g/mol. The van der Waals surface area contributed by atoms with E-state index in [4.69, 9.17) is 0 Å². The SMILES string of the molecule is CCC(=O)N1C[C@H](CN2CCCCC2)[C@@H](c2cccc(C(F)(F)F)c2)C1. The lowest BCUT2D eigenvalue weighted by atomic mass is 9.87. The lowest BCUT2D eigenvalue weighted by Gasteiger charge is -2.31. The third-order valence-electron chi connectivity index (χ3n) is 5.68. The van der Waals surface area contributed by atoms with Gasteiger partial charge < -0.3 is 9.80 Å². The molecule has 0 aliphatic carbocycles. The summed E-state index contributed by atoms with van der Waals surface area (Å²) in [6.07, 6.45) is -0.294. The van der Waals surface area contributed by atoms with Crippen LogP contribution in [0.15, 0.2) is 24.3 Å². The first-order chi connectivity index (χ1) is 12.4. The van der Waals surface area contributed by atoms with Gasteiger partial charge in [0.15, 0.2) is 0 Å². The van der Waals surface area contributed by atoms with Crippen LogP contribution >= 0.6 is 0 Å². The number of nitrogens with zero attached hydrogens (tertiary/aromatic N) is 2. The van der Waals surface area contributed by atoms with Crippen LogP contribution in [-0.2, 0) is 11.0 Å². The number of alkyl halides is 3. The van der Waals surface area contributed by atoms with Crippen LogP contribution in [0, 0.1) is 5.92 Å². The zero-order valence-electron chi connectivity index (χ0n) is 15.3. The van der Waals surface area contributed by atoms with Crippen molar-refractivity contribution >= 4 is 5.91 Å². The molecule has 1 amide bonds. The van der Waals surface area contributed by atoms with Gasteiger partial charge in [-0.15, -0.1) is 0 Å². The molecule has 2 aliphatic heterocycles. The van der Waals surface area contributed by atoms with Gasteiger partial charge in [-0.1, -0.05) is 31.5 Å². The van der Waals surface area contributed by atoms with E-state index in [2.05, 4.69) is 4.90 Å². The molecule has 0 unspecified atom stereocenters. The van der Waals surface area contributed by atoms with Gasteiger partial charge in [0.2, 0.25) is 5.91 Å². The van der Waals surface area contributed by atoms with E-state index in [0.717, 1.165) is 25.7 Å². The molecule has 0 N–H and O–H groups in total. The first-order valence-electron chi connectivity index (χ1n) is 9.55. The van der Waals surface area contributed by atoms with Crippen molar-refractivity contribution in [3.8, 4) is 0 Å². The predicted molar refractivity (Wildman–Crippen MR) is 94.8 cm³/mol. The van der Waals surface area contributed by atoms with Crippen molar-refractivity contribution in [3.63, 3.8) is 0 Å². The molecule has 0 spiro atoms. The Labute approximate surface area is 153 Å². The number of benzene rings is 1. The average Bonchev–Trinajstić information content (AvgIpc) is 3.05. The maximum absolute atomic E-state index is 13.1. The van der Waals surface area contributed by atoms with E-state index in [-0.39, 0.29) is 17.7 Å². The minimum absolute atomic E-state index is 0.0327. The zero-order valence-corrected chi connectivity index (χ0v) is 15.3. The van der Waals surface area contributed by atoms with E-state index in [1.54, 1.807) is 6.07 Å². The van der Waals surface area contributed by atoms with Crippen molar-refractivity contribution in [1.29, 1.82) is 0 Å². The molecule has 1 aromatic carbocycles. The zero-order chi connectivity index (χ0) is 18.7. The Balaban J connectivity index is 1.82. The van der Waals surface area contributed by atoms with Gasteiger partial charge >= 0.3 is 6.18 Å². The molecular formula is C20H27F3N2O. The van der Waals surface area contributed by atoms with E-state index in [1.807, 2.05) is 11.8 Å². The van der Waals surface area contributed by atoms with Gasteiger partial charge in [-0.25, -0.2) is 0 Å².